The molecule has 0 aromatic rings. The average Bonchev–Trinajstić information content (AvgIpc) is 2.73. The summed E-state index contributed by atoms with van der Waals surface area (Å²) in [7, 11) is 0. The standard InChI is InChI=1S/C15H23NO/c1-12(5-6-13(2)17)10-14-7-8-15-4-3-9-16(15)11-14/h7-8,10,12,15H,3-6,9,11H2,1-2H3/b14-10-/t12-,15?/m1/s1. The summed E-state index contributed by atoms with van der Waals surface area (Å²) in [5, 5.41) is 0. The molecule has 2 aliphatic rings. The molecule has 2 atom stereocenters. The summed E-state index contributed by atoms with van der Waals surface area (Å²) in [5.41, 5.74) is 1.43. The highest BCUT2D eigenvalue weighted by Crippen LogP contribution is 2.25. The van der Waals surface area contributed by atoms with Crippen LogP contribution in [0.25, 0.3) is 0 Å². The number of carbonyl (C=O) groups excluding carboxylic acids is 1. The Bertz CT molecular complexity index is 343. The Hall–Kier alpha value is -0.890. The molecule has 94 valence electrons. The zero-order valence-electron chi connectivity index (χ0n) is 11.0. The first-order valence-corrected chi connectivity index (χ1v) is 6.77. The Morgan fingerprint density at radius 2 is 2.47 bits per heavy atom. The van der Waals surface area contributed by atoms with Crippen LogP contribution in [0.3, 0.4) is 0 Å². The maximum absolute atomic E-state index is 10.9. The molecule has 0 spiro atoms. The van der Waals surface area contributed by atoms with Crippen molar-refractivity contribution in [3.8, 4) is 0 Å². The van der Waals surface area contributed by atoms with Crippen molar-refractivity contribution in [3.63, 3.8) is 0 Å². The van der Waals surface area contributed by atoms with Crippen LogP contribution in [-0.4, -0.2) is 29.8 Å². The van der Waals surface area contributed by atoms with Gasteiger partial charge in [0, 0.05) is 19.0 Å². The van der Waals surface area contributed by atoms with Gasteiger partial charge < -0.3 is 4.79 Å². The van der Waals surface area contributed by atoms with Gasteiger partial charge in [0.1, 0.15) is 5.78 Å². The van der Waals surface area contributed by atoms with E-state index in [0.717, 1.165) is 13.0 Å². The molecule has 0 aliphatic carbocycles. The molecule has 0 N–H and O–H groups in total. The van der Waals surface area contributed by atoms with Crippen LogP contribution in [0.1, 0.15) is 39.5 Å². The molecule has 0 aromatic carbocycles. The van der Waals surface area contributed by atoms with Crippen molar-refractivity contribution in [1.29, 1.82) is 0 Å². The Kier molecular flexibility index (Phi) is 4.16. The molecule has 0 radical (unpaired) electrons. The van der Waals surface area contributed by atoms with E-state index in [-0.39, 0.29) is 0 Å². The van der Waals surface area contributed by atoms with E-state index in [0.29, 0.717) is 24.2 Å². The van der Waals surface area contributed by atoms with Gasteiger partial charge in [-0.1, -0.05) is 25.2 Å². The highest BCUT2D eigenvalue weighted by atomic mass is 16.1. The van der Waals surface area contributed by atoms with Crippen molar-refractivity contribution < 1.29 is 4.79 Å². The number of nitrogens with zero attached hydrogens (tertiary/aromatic N) is 1. The van der Waals surface area contributed by atoms with Crippen molar-refractivity contribution >= 4 is 5.78 Å². The Morgan fingerprint density at radius 1 is 1.65 bits per heavy atom. The van der Waals surface area contributed by atoms with E-state index in [1.54, 1.807) is 6.92 Å². The van der Waals surface area contributed by atoms with Gasteiger partial charge in [-0.05, 0) is 44.2 Å². The number of carbonyl (C=O) groups is 1. The molecule has 2 aliphatic heterocycles. The molecule has 1 saturated heterocycles. The van der Waals surface area contributed by atoms with E-state index in [2.05, 4.69) is 30.1 Å². The molecule has 2 nitrogen and oxygen atoms in total. The lowest BCUT2D eigenvalue weighted by atomic mass is 9.98. The number of ketones is 1. The molecular weight excluding hydrogens is 210 g/mol. The predicted octanol–water partition coefficient (Wildman–Crippen LogP) is 2.95. The van der Waals surface area contributed by atoms with Crippen molar-refractivity contribution in [3.05, 3.63) is 23.8 Å². The monoisotopic (exact) mass is 233 g/mol. The minimum atomic E-state index is 0.300. The highest BCUT2D eigenvalue weighted by Gasteiger charge is 2.25. The first-order chi connectivity index (χ1) is 8.15. The first-order valence-electron chi connectivity index (χ1n) is 6.77. The molecule has 0 amide bonds. The van der Waals surface area contributed by atoms with Crippen molar-refractivity contribution in [2.45, 2.75) is 45.6 Å². The summed E-state index contributed by atoms with van der Waals surface area (Å²) >= 11 is 0. The lowest BCUT2D eigenvalue weighted by Gasteiger charge is -2.27. The van der Waals surface area contributed by atoms with E-state index in [1.165, 1.54) is 25.0 Å². The minimum absolute atomic E-state index is 0.300. The van der Waals surface area contributed by atoms with E-state index in [4.69, 9.17) is 0 Å². The Labute approximate surface area is 104 Å². The molecule has 0 bridgehead atoms. The van der Waals surface area contributed by atoms with Gasteiger partial charge in [0.05, 0.1) is 0 Å². The third kappa shape index (κ3) is 3.53. The fourth-order valence-corrected chi connectivity index (χ4v) is 2.78. The average molecular weight is 233 g/mol. The van der Waals surface area contributed by atoms with Crippen molar-refractivity contribution in [2.24, 2.45) is 5.92 Å². The van der Waals surface area contributed by atoms with Gasteiger partial charge in [0.2, 0.25) is 0 Å². The zero-order valence-corrected chi connectivity index (χ0v) is 11.0. The van der Waals surface area contributed by atoms with Gasteiger partial charge >= 0.3 is 0 Å². The fourth-order valence-electron chi connectivity index (χ4n) is 2.78. The fraction of sp³-hybridized carbons (Fsp3) is 0.667. The van der Waals surface area contributed by atoms with E-state index < -0.39 is 0 Å². The topological polar surface area (TPSA) is 20.3 Å². The smallest absolute Gasteiger partial charge is 0.129 e. The van der Waals surface area contributed by atoms with Gasteiger partial charge in [-0.3, -0.25) is 4.90 Å². The molecular formula is C15H23NO. The number of hydrogen-bond donors (Lipinski definition) is 0. The van der Waals surface area contributed by atoms with E-state index >= 15 is 0 Å². The second-order valence-electron chi connectivity index (χ2n) is 5.50. The Balaban J connectivity index is 1.89. The number of fused-ring (bicyclic) bond motifs is 1. The molecule has 0 saturated carbocycles. The van der Waals surface area contributed by atoms with Crippen LogP contribution >= 0.6 is 0 Å². The van der Waals surface area contributed by atoms with Crippen LogP contribution in [0.15, 0.2) is 23.8 Å². The van der Waals surface area contributed by atoms with E-state index in [9.17, 15) is 4.79 Å². The number of Topliss-reactive ketones (excluding diaryl/α,β-unsaturated/α-hetero) is 1. The summed E-state index contributed by atoms with van der Waals surface area (Å²) in [4.78, 5) is 13.5. The molecule has 2 heterocycles. The third-order valence-corrected chi connectivity index (χ3v) is 3.78. The number of allylic oxidation sites excluding steroid dienone is 1. The van der Waals surface area contributed by atoms with E-state index in [1.807, 2.05) is 0 Å². The highest BCUT2D eigenvalue weighted by molar-refractivity contribution is 5.75. The molecule has 1 fully saturated rings. The van der Waals surface area contributed by atoms with Crippen LogP contribution in [0, 0.1) is 5.92 Å². The summed E-state index contributed by atoms with van der Waals surface area (Å²) in [5.74, 6) is 0.812. The minimum Gasteiger partial charge on any atom is -0.300 e. The summed E-state index contributed by atoms with van der Waals surface area (Å²) in [6, 6.07) is 0.694. The van der Waals surface area contributed by atoms with Crippen LogP contribution in [0.2, 0.25) is 0 Å². The third-order valence-electron chi connectivity index (χ3n) is 3.78. The summed E-state index contributed by atoms with van der Waals surface area (Å²) in [6.07, 6.45) is 11.3. The molecule has 2 heteroatoms. The van der Waals surface area contributed by atoms with Crippen LogP contribution in [-0.2, 0) is 4.79 Å². The second-order valence-corrected chi connectivity index (χ2v) is 5.50. The molecule has 2 rings (SSSR count). The maximum Gasteiger partial charge on any atom is 0.129 e. The zero-order chi connectivity index (χ0) is 12.3. The van der Waals surface area contributed by atoms with Gasteiger partial charge in [0.25, 0.3) is 0 Å². The lowest BCUT2D eigenvalue weighted by Crippen LogP contribution is -2.32. The molecule has 17 heavy (non-hydrogen) atoms. The normalized spacial score (nSPS) is 28.4. The second kappa shape index (κ2) is 5.63. The van der Waals surface area contributed by atoms with Gasteiger partial charge in [0.15, 0.2) is 0 Å². The number of rotatable bonds is 4. The first kappa shape index (κ1) is 12.6. The SMILES string of the molecule is CC(=O)CC[C@@H](C)/C=C1/C=CC2CCCN2C1. The lowest BCUT2D eigenvalue weighted by molar-refractivity contribution is -0.117. The molecule has 0 aromatic heterocycles. The Morgan fingerprint density at radius 3 is 3.24 bits per heavy atom. The molecule has 1 unspecified atom stereocenters. The number of hydrogen-bond acceptors (Lipinski definition) is 2. The quantitative estimate of drug-likeness (QED) is 0.744. The maximum atomic E-state index is 10.9. The van der Waals surface area contributed by atoms with Gasteiger partial charge in [-0.2, -0.15) is 0 Å². The summed E-state index contributed by atoms with van der Waals surface area (Å²) in [6.45, 7) is 6.23. The van der Waals surface area contributed by atoms with Crippen LogP contribution in [0.4, 0.5) is 0 Å². The van der Waals surface area contributed by atoms with Crippen molar-refractivity contribution in [1.82, 2.24) is 4.90 Å². The summed E-state index contributed by atoms with van der Waals surface area (Å²) < 4.78 is 0. The van der Waals surface area contributed by atoms with Gasteiger partial charge in [-0.25, -0.2) is 0 Å². The largest absolute Gasteiger partial charge is 0.300 e. The predicted molar refractivity (Wildman–Crippen MR) is 70.9 cm³/mol. The van der Waals surface area contributed by atoms with Crippen molar-refractivity contribution in [2.75, 3.05) is 13.1 Å². The van der Waals surface area contributed by atoms with Crippen LogP contribution < -0.4 is 0 Å². The van der Waals surface area contributed by atoms with Gasteiger partial charge in [-0.15, -0.1) is 0 Å². The van der Waals surface area contributed by atoms with Crippen LogP contribution in [0.5, 0.6) is 0 Å².